The van der Waals surface area contributed by atoms with Gasteiger partial charge in [0.25, 0.3) is 5.91 Å². The van der Waals surface area contributed by atoms with Crippen molar-refractivity contribution in [2.75, 3.05) is 26.2 Å². The molecule has 0 saturated carbocycles. The number of benzene rings is 2. The smallest absolute Gasteiger partial charge is 0.254 e. The highest BCUT2D eigenvalue weighted by Crippen LogP contribution is 2.23. The fourth-order valence-electron chi connectivity index (χ4n) is 2.67. The molecule has 1 N–H and O–H groups in total. The third kappa shape index (κ3) is 2.22. The molecule has 0 bridgehead atoms. The van der Waals surface area contributed by atoms with E-state index in [9.17, 15) is 4.79 Å². The molecule has 2 aromatic rings. The van der Waals surface area contributed by atoms with Gasteiger partial charge in [0.05, 0.1) is 0 Å². The van der Waals surface area contributed by atoms with Gasteiger partial charge in [0, 0.05) is 31.7 Å². The van der Waals surface area contributed by atoms with Gasteiger partial charge in [0.2, 0.25) is 0 Å². The third-order valence-corrected chi connectivity index (χ3v) is 3.78. The normalized spacial score (nSPS) is 15.7. The van der Waals surface area contributed by atoms with Crippen molar-refractivity contribution in [3.05, 3.63) is 47.5 Å². The standard InChI is InChI=1S/C16H18N2O/c1-12-6-7-15(14-5-3-2-4-13(12)14)16(19)18-10-8-17-9-11-18/h2-7,17H,8-11H2,1H3. The van der Waals surface area contributed by atoms with Crippen molar-refractivity contribution in [3.8, 4) is 0 Å². The number of rotatable bonds is 1. The predicted octanol–water partition coefficient (Wildman–Crippen LogP) is 2.19. The maximum atomic E-state index is 12.6. The number of hydrogen-bond acceptors (Lipinski definition) is 2. The largest absolute Gasteiger partial charge is 0.336 e. The number of carbonyl (C=O) groups is 1. The zero-order valence-electron chi connectivity index (χ0n) is 11.1. The van der Waals surface area contributed by atoms with Gasteiger partial charge in [-0.1, -0.05) is 30.3 Å². The molecule has 0 atom stereocenters. The molecule has 1 aliphatic rings. The Bertz CT molecular complexity index is 615. The summed E-state index contributed by atoms with van der Waals surface area (Å²) in [5.41, 5.74) is 2.04. The number of carbonyl (C=O) groups excluding carboxylic acids is 1. The Morgan fingerprint density at radius 2 is 1.74 bits per heavy atom. The molecule has 3 nitrogen and oxygen atoms in total. The number of aryl methyl sites for hydroxylation is 1. The molecule has 3 rings (SSSR count). The summed E-state index contributed by atoms with van der Waals surface area (Å²) in [6.45, 7) is 5.44. The fraction of sp³-hybridized carbons (Fsp3) is 0.312. The van der Waals surface area contributed by atoms with Crippen molar-refractivity contribution < 1.29 is 4.79 Å². The van der Waals surface area contributed by atoms with Gasteiger partial charge >= 0.3 is 0 Å². The highest BCUT2D eigenvalue weighted by Gasteiger charge is 2.19. The monoisotopic (exact) mass is 254 g/mol. The van der Waals surface area contributed by atoms with Crippen molar-refractivity contribution in [2.45, 2.75) is 6.92 Å². The van der Waals surface area contributed by atoms with E-state index < -0.39 is 0 Å². The van der Waals surface area contributed by atoms with Crippen LogP contribution in [0.2, 0.25) is 0 Å². The lowest BCUT2D eigenvalue weighted by atomic mass is 9.99. The molecule has 1 aliphatic heterocycles. The number of nitrogens with one attached hydrogen (secondary N) is 1. The lowest BCUT2D eigenvalue weighted by molar-refractivity contribution is 0.0738. The Hall–Kier alpha value is -1.87. The van der Waals surface area contributed by atoms with Crippen LogP contribution >= 0.6 is 0 Å². The Kier molecular flexibility index (Phi) is 3.22. The van der Waals surface area contributed by atoms with Gasteiger partial charge in [-0.3, -0.25) is 4.79 Å². The second kappa shape index (κ2) is 5.02. The maximum Gasteiger partial charge on any atom is 0.254 e. The number of hydrogen-bond donors (Lipinski definition) is 1. The van der Waals surface area contributed by atoms with Crippen LogP contribution in [0.5, 0.6) is 0 Å². The molecule has 0 aliphatic carbocycles. The van der Waals surface area contributed by atoms with E-state index in [4.69, 9.17) is 0 Å². The topological polar surface area (TPSA) is 32.3 Å². The SMILES string of the molecule is Cc1ccc(C(=O)N2CCNCC2)c2ccccc12. The summed E-state index contributed by atoms with van der Waals surface area (Å²) >= 11 is 0. The van der Waals surface area contributed by atoms with E-state index in [1.165, 1.54) is 10.9 Å². The van der Waals surface area contributed by atoms with E-state index >= 15 is 0 Å². The second-order valence-electron chi connectivity index (χ2n) is 5.02. The van der Waals surface area contributed by atoms with Crippen LogP contribution in [0.15, 0.2) is 36.4 Å². The molecule has 98 valence electrons. The second-order valence-corrected chi connectivity index (χ2v) is 5.02. The molecule has 19 heavy (non-hydrogen) atoms. The first-order valence-corrected chi connectivity index (χ1v) is 6.76. The summed E-state index contributed by atoms with van der Waals surface area (Å²) in [6.07, 6.45) is 0. The Morgan fingerprint density at radius 3 is 2.47 bits per heavy atom. The van der Waals surface area contributed by atoms with Crippen LogP contribution in [0.4, 0.5) is 0 Å². The molecule has 0 unspecified atom stereocenters. The van der Waals surface area contributed by atoms with Gasteiger partial charge < -0.3 is 10.2 Å². The lowest BCUT2D eigenvalue weighted by Gasteiger charge is -2.28. The summed E-state index contributed by atoms with van der Waals surface area (Å²) in [7, 11) is 0. The average Bonchev–Trinajstić information content (AvgIpc) is 2.48. The molecule has 1 heterocycles. The molecule has 0 radical (unpaired) electrons. The first kappa shape index (κ1) is 12.2. The Morgan fingerprint density at radius 1 is 1.05 bits per heavy atom. The molecule has 1 amide bonds. The predicted molar refractivity (Wildman–Crippen MR) is 77.5 cm³/mol. The highest BCUT2D eigenvalue weighted by atomic mass is 16.2. The van der Waals surface area contributed by atoms with Crippen molar-refractivity contribution in [1.82, 2.24) is 10.2 Å². The molecule has 1 saturated heterocycles. The van der Waals surface area contributed by atoms with Crippen LogP contribution in [0, 0.1) is 6.92 Å². The quantitative estimate of drug-likeness (QED) is 0.846. The number of fused-ring (bicyclic) bond motifs is 1. The number of amides is 1. The van der Waals surface area contributed by atoms with E-state index in [2.05, 4.69) is 18.3 Å². The van der Waals surface area contributed by atoms with Gasteiger partial charge in [-0.05, 0) is 29.3 Å². The van der Waals surface area contributed by atoms with Gasteiger partial charge in [-0.2, -0.15) is 0 Å². The Labute approximate surface area is 113 Å². The summed E-state index contributed by atoms with van der Waals surface area (Å²) in [6, 6.07) is 12.1. The van der Waals surface area contributed by atoms with Crippen LogP contribution < -0.4 is 5.32 Å². The maximum absolute atomic E-state index is 12.6. The van der Waals surface area contributed by atoms with Crippen LogP contribution in [-0.2, 0) is 0 Å². The zero-order chi connectivity index (χ0) is 13.2. The summed E-state index contributed by atoms with van der Waals surface area (Å²) < 4.78 is 0. The van der Waals surface area contributed by atoms with Crippen molar-refractivity contribution in [3.63, 3.8) is 0 Å². The van der Waals surface area contributed by atoms with Gasteiger partial charge in [0.1, 0.15) is 0 Å². The van der Waals surface area contributed by atoms with E-state index in [0.29, 0.717) is 0 Å². The molecular weight excluding hydrogens is 236 g/mol. The minimum absolute atomic E-state index is 0.151. The number of nitrogens with zero attached hydrogens (tertiary/aromatic N) is 1. The number of piperazine rings is 1. The van der Waals surface area contributed by atoms with E-state index in [1.54, 1.807) is 0 Å². The summed E-state index contributed by atoms with van der Waals surface area (Å²) in [4.78, 5) is 14.6. The minimum atomic E-state index is 0.151. The molecule has 2 aromatic carbocycles. The molecule has 0 aromatic heterocycles. The molecule has 0 spiro atoms. The molecule has 3 heteroatoms. The van der Waals surface area contributed by atoms with Crippen LogP contribution in [-0.4, -0.2) is 37.0 Å². The van der Waals surface area contributed by atoms with Crippen LogP contribution in [0.25, 0.3) is 10.8 Å². The Balaban J connectivity index is 2.05. The van der Waals surface area contributed by atoms with E-state index in [1.807, 2.05) is 35.2 Å². The van der Waals surface area contributed by atoms with Gasteiger partial charge in [-0.15, -0.1) is 0 Å². The minimum Gasteiger partial charge on any atom is -0.336 e. The van der Waals surface area contributed by atoms with Gasteiger partial charge in [0.15, 0.2) is 0 Å². The fourth-order valence-corrected chi connectivity index (χ4v) is 2.67. The van der Waals surface area contributed by atoms with Gasteiger partial charge in [-0.25, -0.2) is 0 Å². The van der Waals surface area contributed by atoms with Crippen LogP contribution in [0.1, 0.15) is 15.9 Å². The van der Waals surface area contributed by atoms with Crippen LogP contribution in [0.3, 0.4) is 0 Å². The highest BCUT2D eigenvalue weighted by molar-refractivity contribution is 6.07. The summed E-state index contributed by atoms with van der Waals surface area (Å²) in [5, 5.41) is 5.50. The third-order valence-electron chi connectivity index (χ3n) is 3.78. The lowest BCUT2D eigenvalue weighted by Crippen LogP contribution is -2.46. The first-order chi connectivity index (χ1) is 9.27. The summed E-state index contributed by atoms with van der Waals surface area (Å²) in [5.74, 6) is 0.151. The van der Waals surface area contributed by atoms with Crippen molar-refractivity contribution in [1.29, 1.82) is 0 Å². The van der Waals surface area contributed by atoms with E-state index in [0.717, 1.165) is 37.1 Å². The van der Waals surface area contributed by atoms with E-state index in [-0.39, 0.29) is 5.91 Å². The average molecular weight is 254 g/mol. The molecule has 1 fully saturated rings. The molecular formula is C16H18N2O. The van der Waals surface area contributed by atoms with Crippen molar-refractivity contribution in [2.24, 2.45) is 0 Å². The zero-order valence-corrected chi connectivity index (χ0v) is 11.1. The van der Waals surface area contributed by atoms with Crippen molar-refractivity contribution >= 4 is 16.7 Å². The first-order valence-electron chi connectivity index (χ1n) is 6.76.